The summed E-state index contributed by atoms with van der Waals surface area (Å²) in [5.74, 6) is -1.55. The van der Waals surface area contributed by atoms with Crippen molar-refractivity contribution in [2.75, 3.05) is 5.32 Å². The lowest BCUT2D eigenvalue weighted by Gasteiger charge is -2.06. The molecule has 5 nitrogen and oxygen atoms in total. The molecule has 0 bridgehead atoms. The van der Waals surface area contributed by atoms with Crippen LogP contribution < -0.4 is 5.32 Å². The molecule has 2 aromatic carbocycles. The van der Waals surface area contributed by atoms with E-state index >= 15 is 0 Å². The summed E-state index contributed by atoms with van der Waals surface area (Å²) in [7, 11) is 0. The lowest BCUT2D eigenvalue weighted by molar-refractivity contribution is 0.102. The number of aromatic nitrogens is 3. The van der Waals surface area contributed by atoms with Gasteiger partial charge in [-0.1, -0.05) is 29.8 Å². The van der Waals surface area contributed by atoms with Crippen molar-refractivity contribution < 1.29 is 13.6 Å². The Morgan fingerprint density at radius 2 is 1.72 bits per heavy atom. The molecule has 4 rings (SSSR count). The molecule has 0 aliphatic heterocycles. The van der Waals surface area contributed by atoms with E-state index in [1.165, 1.54) is 24.4 Å². The van der Waals surface area contributed by atoms with Gasteiger partial charge in [0.25, 0.3) is 5.91 Å². The van der Waals surface area contributed by atoms with E-state index in [1.807, 2.05) is 31.2 Å². The van der Waals surface area contributed by atoms with Gasteiger partial charge in [0.1, 0.15) is 11.6 Å². The van der Waals surface area contributed by atoms with Gasteiger partial charge in [-0.3, -0.25) is 14.9 Å². The summed E-state index contributed by atoms with van der Waals surface area (Å²) in [6.45, 7) is 1.99. The number of aryl methyl sites for hydroxylation is 1. The molecular weight excluding hydrogens is 374 g/mol. The van der Waals surface area contributed by atoms with Crippen molar-refractivity contribution in [2.24, 2.45) is 0 Å². The molecule has 2 heterocycles. The summed E-state index contributed by atoms with van der Waals surface area (Å²) in [5, 5.41) is 9.31. The Hall–Kier alpha value is -3.87. The molecule has 0 atom stereocenters. The molecule has 2 N–H and O–H groups in total. The van der Waals surface area contributed by atoms with Crippen LogP contribution in [0.4, 0.5) is 14.6 Å². The standard InChI is InChI=1S/C22H16F2N4O/c1-13-3-2-4-14(5-13)16-6-17(12-25-11-16)22(29)26-21-10-20(27-28-21)15-7-18(23)9-19(24)8-15/h2-12H,1H3,(H2,26,27,28,29). The molecule has 144 valence electrons. The number of aromatic amines is 1. The minimum absolute atomic E-state index is 0.232. The maximum Gasteiger partial charge on any atom is 0.258 e. The van der Waals surface area contributed by atoms with Gasteiger partial charge in [0.05, 0.1) is 11.3 Å². The first kappa shape index (κ1) is 18.5. The number of hydrogen-bond donors (Lipinski definition) is 2. The molecule has 0 aliphatic rings. The van der Waals surface area contributed by atoms with Crippen LogP contribution in [-0.2, 0) is 0 Å². The van der Waals surface area contributed by atoms with E-state index in [9.17, 15) is 13.6 Å². The Labute approximate surface area is 165 Å². The van der Waals surface area contributed by atoms with E-state index in [2.05, 4.69) is 20.5 Å². The Morgan fingerprint density at radius 3 is 2.48 bits per heavy atom. The number of nitrogens with one attached hydrogen (secondary N) is 2. The Kier molecular flexibility index (Phi) is 4.87. The van der Waals surface area contributed by atoms with Crippen molar-refractivity contribution in [3.8, 4) is 22.4 Å². The highest BCUT2D eigenvalue weighted by Gasteiger charge is 2.12. The Bertz CT molecular complexity index is 1180. The highest BCUT2D eigenvalue weighted by Crippen LogP contribution is 2.23. The smallest absolute Gasteiger partial charge is 0.258 e. The zero-order valence-electron chi connectivity index (χ0n) is 15.4. The molecule has 0 unspecified atom stereocenters. The number of rotatable bonds is 4. The molecule has 0 radical (unpaired) electrons. The van der Waals surface area contributed by atoms with Crippen LogP contribution in [0.15, 0.2) is 67.0 Å². The summed E-state index contributed by atoms with van der Waals surface area (Å²) in [4.78, 5) is 16.7. The van der Waals surface area contributed by atoms with Crippen LogP contribution in [0.3, 0.4) is 0 Å². The molecule has 29 heavy (non-hydrogen) atoms. The highest BCUT2D eigenvalue weighted by atomic mass is 19.1. The van der Waals surface area contributed by atoms with Crippen LogP contribution >= 0.6 is 0 Å². The average Bonchev–Trinajstić information content (AvgIpc) is 3.16. The summed E-state index contributed by atoms with van der Waals surface area (Å²) in [6, 6.07) is 14.3. The van der Waals surface area contributed by atoms with Gasteiger partial charge >= 0.3 is 0 Å². The van der Waals surface area contributed by atoms with Crippen LogP contribution in [0.1, 0.15) is 15.9 Å². The number of amides is 1. The molecule has 0 fully saturated rings. The predicted octanol–water partition coefficient (Wildman–Crippen LogP) is 4.98. The number of hydrogen-bond acceptors (Lipinski definition) is 3. The Balaban J connectivity index is 1.54. The molecule has 2 aromatic heterocycles. The van der Waals surface area contributed by atoms with Gasteiger partial charge in [-0.25, -0.2) is 8.78 Å². The molecular formula is C22H16F2N4O. The largest absolute Gasteiger partial charge is 0.305 e. The van der Waals surface area contributed by atoms with Crippen LogP contribution in [0, 0.1) is 18.6 Å². The van der Waals surface area contributed by atoms with Crippen molar-refractivity contribution in [1.29, 1.82) is 0 Å². The number of carbonyl (C=O) groups is 1. The number of nitrogens with zero attached hydrogens (tertiary/aromatic N) is 2. The van der Waals surface area contributed by atoms with Crippen LogP contribution in [0.25, 0.3) is 22.4 Å². The first-order valence-electron chi connectivity index (χ1n) is 8.83. The summed E-state index contributed by atoms with van der Waals surface area (Å²) in [5.41, 5.74) is 3.92. The van der Waals surface area contributed by atoms with Crippen molar-refractivity contribution in [3.05, 3.63) is 89.8 Å². The number of anilines is 1. The van der Waals surface area contributed by atoms with Gasteiger partial charge in [0.15, 0.2) is 5.82 Å². The van der Waals surface area contributed by atoms with Crippen molar-refractivity contribution >= 4 is 11.7 Å². The van der Waals surface area contributed by atoms with Crippen molar-refractivity contribution in [2.45, 2.75) is 6.92 Å². The minimum Gasteiger partial charge on any atom is -0.305 e. The molecule has 4 aromatic rings. The number of benzene rings is 2. The first-order chi connectivity index (χ1) is 14.0. The predicted molar refractivity (Wildman–Crippen MR) is 106 cm³/mol. The topological polar surface area (TPSA) is 70.7 Å². The van der Waals surface area contributed by atoms with Crippen LogP contribution in [-0.4, -0.2) is 21.1 Å². The summed E-state index contributed by atoms with van der Waals surface area (Å²) in [6.07, 6.45) is 3.15. The minimum atomic E-state index is -0.695. The third-order valence-corrected chi connectivity index (χ3v) is 4.34. The lowest BCUT2D eigenvalue weighted by Crippen LogP contribution is -2.12. The van der Waals surface area contributed by atoms with Gasteiger partial charge in [0, 0.05) is 35.7 Å². The second-order valence-electron chi connectivity index (χ2n) is 6.61. The molecule has 0 saturated carbocycles. The van der Waals surface area contributed by atoms with Gasteiger partial charge in [0.2, 0.25) is 0 Å². The maximum absolute atomic E-state index is 13.4. The monoisotopic (exact) mass is 390 g/mol. The number of pyridine rings is 1. The molecule has 0 spiro atoms. The van der Waals surface area contributed by atoms with Gasteiger partial charge in [-0.05, 0) is 30.7 Å². The summed E-state index contributed by atoms with van der Waals surface area (Å²) >= 11 is 0. The van der Waals surface area contributed by atoms with Crippen LogP contribution in [0.2, 0.25) is 0 Å². The third kappa shape index (κ3) is 4.19. The normalized spacial score (nSPS) is 10.7. The van der Waals surface area contributed by atoms with E-state index in [0.29, 0.717) is 16.8 Å². The third-order valence-electron chi connectivity index (χ3n) is 4.34. The quantitative estimate of drug-likeness (QED) is 0.516. The average molecular weight is 390 g/mol. The second-order valence-corrected chi connectivity index (χ2v) is 6.61. The van der Waals surface area contributed by atoms with Gasteiger partial charge in [-0.15, -0.1) is 0 Å². The van der Waals surface area contributed by atoms with Crippen LogP contribution in [0.5, 0.6) is 0 Å². The van der Waals surface area contributed by atoms with Crippen molar-refractivity contribution in [1.82, 2.24) is 15.2 Å². The molecule has 7 heteroatoms. The Morgan fingerprint density at radius 1 is 0.931 bits per heavy atom. The first-order valence-corrected chi connectivity index (χ1v) is 8.83. The van der Waals surface area contributed by atoms with E-state index in [-0.39, 0.29) is 5.82 Å². The lowest BCUT2D eigenvalue weighted by atomic mass is 10.0. The highest BCUT2D eigenvalue weighted by molar-refractivity contribution is 6.04. The molecule has 1 amide bonds. The zero-order chi connectivity index (χ0) is 20.4. The fourth-order valence-corrected chi connectivity index (χ4v) is 2.98. The fraction of sp³-hybridized carbons (Fsp3) is 0.0455. The summed E-state index contributed by atoms with van der Waals surface area (Å²) < 4.78 is 26.8. The second kappa shape index (κ2) is 7.63. The maximum atomic E-state index is 13.4. The SMILES string of the molecule is Cc1cccc(-c2cncc(C(=O)Nc3cc(-c4cc(F)cc(F)c4)[nH]n3)c2)c1. The van der Waals surface area contributed by atoms with E-state index in [4.69, 9.17) is 0 Å². The van der Waals surface area contributed by atoms with Gasteiger partial charge in [-0.2, -0.15) is 5.10 Å². The van der Waals surface area contributed by atoms with E-state index in [0.717, 1.165) is 22.8 Å². The van der Waals surface area contributed by atoms with E-state index < -0.39 is 17.5 Å². The number of halogens is 2. The molecule has 0 saturated heterocycles. The van der Waals surface area contributed by atoms with Crippen molar-refractivity contribution in [3.63, 3.8) is 0 Å². The fourth-order valence-electron chi connectivity index (χ4n) is 2.98. The van der Waals surface area contributed by atoms with Gasteiger partial charge < -0.3 is 5.32 Å². The molecule has 0 aliphatic carbocycles. The number of carbonyl (C=O) groups excluding carboxylic acids is 1. The number of H-pyrrole nitrogens is 1. The zero-order valence-corrected chi connectivity index (χ0v) is 15.4. The van der Waals surface area contributed by atoms with E-state index in [1.54, 1.807) is 12.3 Å².